The monoisotopic (exact) mass is 358 g/mol. The summed E-state index contributed by atoms with van der Waals surface area (Å²) in [5.74, 6) is -1.44. The van der Waals surface area contributed by atoms with Gasteiger partial charge in [-0.25, -0.2) is 0 Å². The Bertz CT molecular complexity index is 517. The van der Waals surface area contributed by atoms with E-state index in [-0.39, 0.29) is 33.8 Å². The largest absolute Gasteiger partial charge is 2.00 e. The second kappa shape index (κ2) is 13.8. The van der Waals surface area contributed by atoms with Crippen molar-refractivity contribution in [2.24, 2.45) is 4.99 Å². The molecule has 0 amide bonds. The van der Waals surface area contributed by atoms with Gasteiger partial charge in [-0.3, -0.25) is 10.1 Å². The van der Waals surface area contributed by atoms with Crippen LogP contribution in [0, 0.1) is 0 Å². The molecular weight excluding hydrogens is 342 g/mol. The molecule has 1 aromatic carbocycles. The second-order valence-corrected chi connectivity index (χ2v) is 3.58. The first-order valence-electron chi connectivity index (χ1n) is 5.55. The Morgan fingerprint density at radius 1 is 1.32 bits per heavy atom. The average molecular weight is 359 g/mol. The van der Waals surface area contributed by atoms with Crippen molar-refractivity contribution in [1.29, 1.82) is 0 Å². The summed E-state index contributed by atoms with van der Waals surface area (Å²) < 4.78 is 0. The van der Waals surface area contributed by atoms with Crippen molar-refractivity contribution >= 4 is 12.2 Å². The fourth-order valence-electron chi connectivity index (χ4n) is 1.06. The minimum Gasteiger partial charge on any atom is -0.872 e. The van der Waals surface area contributed by atoms with Gasteiger partial charge in [0, 0.05) is 18.6 Å². The van der Waals surface area contributed by atoms with Crippen LogP contribution in [0.15, 0.2) is 47.7 Å². The number of H-pyrrole nitrogens is 1. The van der Waals surface area contributed by atoms with Crippen molar-refractivity contribution in [1.82, 2.24) is 10.2 Å². The number of carboxylic acids is 1. The number of carbonyl (C=O) groups is 1. The van der Waals surface area contributed by atoms with Crippen LogP contribution in [0.4, 0.5) is 0 Å². The van der Waals surface area contributed by atoms with Gasteiger partial charge in [-0.05, 0) is 18.6 Å². The van der Waals surface area contributed by atoms with Gasteiger partial charge in [-0.1, -0.05) is 24.3 Å². The van der Waals surface area contributed by atoms with E-state index in [9.17, 15) is 15.0 Å². The molecule has 1 aromatic heterocycles. The predicted molar refractivity (Wildman–Crippen MR) is 73.8 cm³/mol. The van der Waals surface area contributed by atoms with Crippen LogP contribution in [0.5, 0.6) is 5.75 Å². The number of hydrogen-bond donors (Lipinski definition) is 1. The van der Waals surface area contributed by atoms with Crippen LogP contribution in [0.2, 0.25) is 0 Å². The molecule has 0 fully saturated rings. The van der Waals surface area contributed by atoms with Crippen LogP contribution in [-0.2, 0) is 21.9 Å². The topological polar surface area (TPSA) is 167 Å². The molecule has 2 rings (SSSR count). The Balaban J connectivity index is -0.000000388. The molecule has 0 spiro atoms. The summed E-state index contributed by atoms with van der Waals surface area (Å²) >= 11 is 0. The van der Waals surface area contributed by atoms with Crippen LogP contribution in [0.3, 0.4) is 0 Å². The normalized spacial score (nSPS) is 10.0. The summed E-state index contributed by atoms with van der Waals surface area (Å²) in [6.45, 7) is 1.39. The Morgan fingerprint density at radius 3 is 2.36 bits per heavy atom. The van der Waals surface area contributed by atoms with Crippen LogP contribution < -0.4 is 10.2 Å². The molecular formula is C13H17CuN3O5. The first-order chi connectivity index (χ1) is 9.11. The third kappa shape index (κ3) is 9.67. The number of para-hydroxylation sites is 1. The van der Waals surface area contributed by atoms with Crippen molar-refractivity contribution in [3.63, 3.8) is 0 Å². The molecule has 2 aromatic rings. The summed E-state index contributed by atoms with van der Waals surface area (Å²) in [6, 6.07) is 7.17. The van der Waals surface area contributed by atoms with Crippen molar-refractivity contribution in [2.75, 3.05) is 0 Å². The number of aliphatic imine (C=N–C) groups is 1. The molecule has 0 aliphatic heterocycles. The molecule has 0 aliphatic rings. The predicted octanol–water partition coefficient (Wildman–Crippen LogP) is -1.92. The maximum Gasteiger partial charge on any atom is 2.00 e. The Kier molecular flexibility index (Phi) is 15.5. The van der Waals surface area contributed by atoms with Crippen LogP contribution in [-0.4, -0.2) is 39.4 Å². The molecule has 0 saturated carbocycles. The first kappa shape index (κ1) is 24.8. The third-order valence-corrected chi connectivity index (χ3v) is 2.10. The molecule has 125 valence electrons. The smallest absolute Gasteiger partial charge is 0.872 e. The van der Waals surface area contributed by atoms with Gasteiger partial charge in [-0.15, -0.1) is 5.75 Å². The number of carbonyl (C=O) groups excluding carboxylic acids is 1. The van der Waals surface area contributed by atoms with Crippen molar-refractivity contribution in [3.8, 4) is 5.75 Å². The number of rotatable bonds is 3. The number of benzene rings is 1. The zero-order valence-corrected chi connectivity index (χ0v) is 12.6. The zero-order chi connectivity index (χ0) is 14.1. The standard InChI is InChI=1S/C10H11NO3.C3H4N2.Cu.2H2O/c1-7(10(13)14)11-6-8-4-2-3-5-9(8)12;1-2-4-5-3-1;;;/h2-7,12H,1H3,(H,13,14);1-3H,(H,4,5);;2*1H2/q;;+2;;/p-2/t7-;;;;/m0..../s1. The van der Waals surface area contributed by atoms with E-state index >= 15 is 0 Å². The van der Waals surface area contributed by atoms with Gasteiger partial charge >= 0.3 is 17.1 Å². The molecule has 1 heterocycles. The molecule has 0 unspecified atom stereocenters. The first-order valence-corrected chi connectivity index (χ1v) is 5.55. The maximum atomic E-state index is 11.1. The number of nitrogens with one attached hydrogen (secondary N) is 1. The minimum atomic E-state index is -1.26. The molecule has 22 heavy (non-hydrogen) atoms. The molecule has 8 nitrogen and oxygen atoms in total. The number of aliphatic carboxylic acids is 1. The molecule has 5 N–H and O–H groups in total. The van der Waals surface area contributed by atoms with Gasteiger partial charge in [0.2, 0.25) is 0 Å². The van der Waals surface area contributed by atoms with Crippen LogP contribution >= 0.6 is 0 Å². The summed E-state index contributed by atoms with van der Waals surface area (Å²) in [5.41, 5.74) is 0.376. The van der Waals surface area contributed by atoms with Crippen molar-refractivity contribution < 1.29 is 43.0 Å². The summed E-state index contributed by atoms with van der Waals surface area (Å²) in [4.78, 5) is 14.0. The quantitative estimate of drug-likeness (QED) is 0.498. The van der Waals surface area contributed by atoms with E-state index in [0.29, 0.717) is 5.56 Å². The van der Waals surface area contributed by atoms with E-state index in [1.165, 1.54) is 19.2 Å². The number of aromatic amines is 1. The summed E-state index contributed by atoms with van der Waals surface area (Å²) in [5, 5.41) is 27.7. The SMILES string of the molecule is C[C@H](N=Cc1ccccc1[O-])C(=O)[O-].O.O.[Cu+2].c1cn[nH]c1. The minimum absolute atomic E-state index is 0. The van der Waals surface area contributed by atoms with Gasteiger partial charge < -0.3 is 26.0 Å². The third-order valence-electron chi connectivity index (χ3n) is 2.10. The van der Waals surface area contributed by atoms with Gasteiger partial charge in [-0.2, -0.15) is 5.10 Å². The maximum absolute atomic E-state index is 11.1. The fraction of sp³-hybridized carbons (Fsp3) is 0.154. The van der Waals surface area contributed by atoms with Crippen molar-refractivity contribution in [3.05, 3.63) is 48.3 Å². The van der Waals surface area contributed by atoms with Crippen LogP contribution in [0.25, 0.3) is 0 Å². The number of hydrogen-bond acceptors (Lipinski definition) is 5. The van der Waals surface area contributed by atoms with E-state index < -0.39 is 12.0 Å². The zero-order valence-electron chi connectivity index (χ0n) is 11.6. The summed E-state index contributed by atoms with van der Waals surface area (Å²) in [6.07, 6.45) is 4.71. The van der Waals surface area contributed by atoms with Gasteiger partial charge in [0.15, 0.2) is 0 Å². The molecule has 9 heteroatoms. The number of carboxylic acid groups (broad SMARTS) is 1. The number of aromatic nitrogens is 2. The second-order valence-electron chi connectivity index (χ2n) is 3.58. The molecule has 0 bridgehead atoms. The molecule has 1 radical (unpaired) electrons. The van der Waals surface area contributed by atoms with Crippen molar-refractivity contribution in [2.45, 2.75) is 13.0 Å². The summed E-state index contributed by atoms with van der Waals surface area (Å²) in [7, 11) is 0. The number of nitrogens with zero attached hydrogens (tertiary/aromatic N) is 2. The Morgan fingerprint density at radius 2 is 1.95 bits per heavy atom. The molecule has 0 aliphatic carbocycles. The van der Waals surface area contributed by atoms with Gasteiger partial charge in [0.25, 0.3) is 0 Å². The average Bonchev–Trinajstić information content (AvgIpc) is 2.96. The Labute approximate surface area is 138 Å². The van der Waals surface area contributed by atoms with Gasteiger partial charge in [0.1, 0.15) is 0 Å². The fourth-order valence-corrected chi connectivity index (χ4v) is 1.06. The van der Waals surface area contributed by atoms with E-state index in [1.54, 1.807) is 30.6 Å². The molecule has 1 atom stereocenters. The van der Waals surface area contributed by atoms with Gasteiger partial charge in [0.05, 0.1) is 12.0 Å². The van der Waals surface area contributed by atoms with E-state index in [0.717, 1.165) is 0 Å². The Hall–Kier alpha value is -2.19. The van der Waals surface area contributed by atoms with E-state index in [4.69, 9.17) is 0 Å². The van der Waals surface area contributed by atoms with Crippen LogP contribution in [0.1, 0.15) is 12.5 Å². The molecule has 0 saturated heterocycles. The van der Waals surface area contributed by atoms with E-state index in [2.05, 4.69) is 15.2 Å². The van der Waals surface area contributed by atoms with E-state index in [1.807, 2.05) is 6.07 Å².